The van der Waals surface area contributed by atoms with Gasteiger partial charge in [-0.3, -0.25) is 14.7 Å². The number of hydrogen-bond acceptors (Lipinski definition) is 12. The number of rotatable bonds is 17. The molecule has 15 heteroatoms. The van der Waals surface area contributed by atoms with E-state index in [-0.39, 0.29) is 11.8 Å². The zero-order chi connectivity index (χ0) is 34.2. The van der Waals surface area contributed by atoms with E-state index in [0.29, 0.717) is 38.3 Å². The second-order valence-corrected chi connectivity index (χ2v) is 12.5. The minimum absolute atomic E-state index is 0.0683. The maximum atomic E-state index is 12.5. The molecule has 258 valence electrons. The second-order valence-electron chi connectivity index (χ2n) is 12.5. The van der Waals surface area contributed by atoms with Crippen LogP contribution in [0.5, 0.6) is 11.6 Å². The Labute approximate surface area is 268 Å². The summed E-state index contributed by atoms with van der Waals surface area (Å²) in [4.78, 5) is 23.8. The summed E-state index contributed by atoms with van der Waals surface area (Å²) in [5, 5.41) is 62.4. The third kappa shape index (κ3) is 9.37. The molecule has 1 aliphatic rings. The largest absolute Gasteiger partial charge is 0.494 e. The van der Waals surface area contributed by atoms with Gasteiger partial charge in [-0.1, -0.05) is 19.9 Å². The van der Waals surface area contributed by atoms with Gasteiger partial charge >= 0.3 is 0 Å². The van der Waals surface area contributed by atoms with Crippen molar-refractivity contribution in [2.75, 3.05) is 32.9 Å². The van der Waals surface area contributed by atoms with Gasteiger partial charge in [0.05, 0.1) is 25.2 Å². The van der Waals surface area contributed by atoms with E-state index in [2.05, 4.69) is 20.8 Å². The fourth-order valence-electron chi connectivity index (χ4n) is 4.96. The number of hydrogen-bond donors (Lipinski definition) is 9. The van der Waals surface area contributed by atoms with Crippen molar-refractivity contribution >= 4 is 11.8 Å². The van der Waals surface area contributed by atoms with Crippen LogP contribution >= 0.6 is 0 Å². The van der Waals surface area contributed by atoms with Gasteiger partial charge in [0.25, 0.3) is 0 Å². The summed E-state index contributed by atoms with van der Waals surface area (Å²) in [6.45, 7) is 9.65. The molecule has 6 atom stereocenters. The van der Waals surface area contributed by atoms with E-state index in [1.807, 2.05) is 39.0 Å². The number of benzene rings is 1. The van der Waals surface area contributed by atoms with E-state index >= 15 is 0 Å². The molecule has 0 radical (unpaired) electrons. The highest BCUT2D eigenvalue weighted by Crippen LogP contribution is 2.32. The van der Waals surface area contributed by atoms with Crippen molar-refractivity contribution in [2.45, 2.75) is 90.1 Å². The quantitative estimate of drug-likeness (QED) is 0.0932. The molecule has 2 aromatic rings. The van der Waals surface area contributed by atoms with Crippen LogP contribution in [0, 0.1) is 12.3 Å². The summed E-state index contributed by atoms with van der Waals surface area (Å²) in [7, 11) is 0. The van der Waals surface area contributed by atoms with Gasteiger partial charge in [0, 0.05) is 24.2 Å². The summed E-state index contributed by atoms with van der Waals surface area (Å²) in [5.74, 6) is -0.252. The minimum Gasteiger partial charge on any atom is -0.494 e. The summed E-state index contributed by atoms with van der Waals surface area (Å²) in [6, 6.07) is 4.62. The van der Waals surface area contributed by atoms with Crippen LogP contribution in [0.2, 0.25) is 0 Å². The lowest BCUT2D eigenvalue weighted by molar-refractivity contribution is -0.278. The summed E-state index contributed by atoms with van der Waals surface area (Å²) in [6.07, 6.45) is -5.97. The third-order valence-electron chi connectivity index (χ3n) is 7.98. The zero-order valence-corrected chi connectivity index (χ0v) is 27.0. The van der Waals surface area contributed by atoms with Crippen molar-refractivity contribution < 1.29 is 49.3 Å². The van der Waals surface area contributed by atoms with E-state index in [1.54, 1.807) is 13.8 Å². The Bertz CT molecular complexity index is 1300. The Kier molecular flexibility index (Phi) is 13.3. The first kappa shape index (κ1) is 37.2. The molecule has 1 aliphatic heterocycles. The van der Waals surface area contributed by atoms with Gasteiger partial charge in [0.2, 0.25) is 24.0 Å². The van der Waals surface area contributed by atoms with Crippen molar-refractivity contribution in [1.82, 2.24) is 20.8 Å². The number of aromatic amines is 1. The highest BCUT2D eigenvalue weighted by atomic mass is 16.7. The molecule has 0 bridgehead atoms. The smallest absolute Gasteiger partial charge is 0.242 e. The number of nitrogens with one attached hydrogen (secondary N) is 3. The van der Waals surface area contributed by atoms with Crippen LogP contribution in [0.1, 0.15) is 62.4 Å². The number of aliphatic hydroxyl groups excluding tert-OH is 5. The highest BCUT2D eigenvalue weighted by molar-refractivity contribution is 5.89. The number of aryl methyl sites for hydroxylation is 1. The van der Waals surface area contributed by atoms with Crippen LogP contribution in [0.3, 0.4) is 0 Å². The molecule has 0 saturated carbocycles. The monoisotopic (exact) mass is 651 g/mol. The van der Waals surface area contributed by atoms with Gasteiger partial charge in [-0.25, -0.2) is 0 Å². The fourth-order valence-corrected chi connectivity index (χ4v) is 4.96. The lowest BCUT2D eigenvalue weighted by Crippen LogP contribution is -2.60. The molecule has 2 amide bonds. The third-order valence-corrected chi connectivity index (χ3v) is 7.98. The number of aromatic nitrogens is 2. The molecule has 3 rings (SSSR count). The molecule has 3 unspecified atom stereocenters. The Morgan fingerprint density at radius 1 is 1.15 bits per heavy atom. The summed E-state index contributed by atoms with van der Waals surface area (Å²) >= 11 is 0. The first-order valence-electron chi connectivity index (χ1n) is 15.4. The maximum Gasteiger partial charge on any atom is 0.242 e. The van der Waals surface area contributed by atoms with E-state index in [1.165, 1.54) is 0 Å². The predicted octanol–water partition coefficient (Wildman–Crippen LogP) is -1.04. The number of H-pyrrole nitrogens is 1. The average Bonchev–Trinajstić information content (AvgIpc) is 3.40. The maximum absolute atomic E-state index is 12.5. The standard InChI is InChI=1S/C31H49N5O10/c1-16(2)23-20(28(36-35-23)46-29-26(41)25(40)24(39)22(14-38)45-29)12-18-7-8-19(11-17(18)3)44-10-6-9-33-15-31(4,5)30(43)34-21(13-37)27(32)42/h7-8,11,16,21-22,24-26,29,33,37-41H,6,9-10,12-15H2,1-5H3,(H2,32,42)(H,34,43)(H,35,36)/t21-,22?,24+,25?,26+,29?/m0/s1. The highest BCUT2D eigenvalue weighted by Gasteiger charge is 2.45. The number of carbonyl (C=O) groups is 2. The second kappa shape index (κ2) is 16.5. The van der Waals surface area contributed by atoms with E-state index in [0.717, 1.165) is 22.4 Å². The Morgan fingerprint density at radius 3 is 2.48 bits per heavy atom. The number of ether oxygens (including phenoxy) is 3. The molecule has 10 N–H and O–H groups in total. The number of nitrogens with two attached hydrogens (primary N) is 1. The topological polar surface area (TPSA) is 242 Å². The van der Waals surface area contributed by atoms with Crippen molar-refractivity contribution in [2.24, 2.45) is 11.1 Å². The molecule has 0 spiro atoms. The molecular weight excluding hydrogens is 602 g/mol. The molecule has 1 fully saturated rings. The Hall–Kier alpha value is -3.31. The van der Waals surface area contributed by atoms with Crippen LogP contribution in [0.25, 0.3) is 0 Å². The molecular formula is C31H49N5O10. The van der Waals surface area contributed by atoms with Crippen LogP contribution < -0.4 is 25.8 Å². The number of nitrogens with zero attached hydrogens (tertiary/aromatic N) is 1. The molecule has 15 nitrogen and oxygen atoms in total. The number of aliphatic hydroxyl groups is 5. The van der Waals surface area contributed by atoms with Gasteiger partial charge in [-0.2, -0.15) is 0 Å². The number of carbonyl (C=O) groups excluding carboxylic acids is 2. The normalized spacial score (nSPS) is 22.5. The van der Waals surface area contributed by atoms with Crippen molar-refractivity contribution in [3.8, 4) is 11.6 Å². The number of primary amides is 1. The minimum atomic E-state index is -1.57. The fraction of sp³-hybridized carbons (Fsp3) is 0.645. The summed E-state index contributed by atoms with van der Waals surface area (Å²) in [5.41, 5.74) is 7.87. The van der Waals surface area contributed by atoms with Gasteiger partial charge in [0.15, 0.2) is 0 Å². The zero-order valence-electron chi connectivity index (χ0n) is 27.0. The van der Waals surface area contributed by atoms with Crippen LogP contribution in [0.15, 0.2) is 18.2 Å². The Morgan fingerprint density at radius 2 is 1.87 bits per heavy atom. The Balaban J connectivity index is 1.56. The van der Waals surface area contributed by atoms with Crippen LogP contribution in [-0.4, -0.2) is 117 Å². The molecule has 2 heterocycles. The molecule has 1 aromatic carbocycles. The van der Waals surface area contributed by atoms with Crippen molar-refractivity contribution in [3.05, 3.63) is 40.6 Å². The van der Waals surface area contributed by atoms with E-state index < -0.39 is 67.2 Å². The van der Waals surface area contributed by atoms with Crippen LogP contribution in [-0.2, 0) is 20.7 Å². The molecule has 1 saturated heterocycles. The molecule has 0 aliphatic carbocycles. The average molecular weight is 652 g/mol. The van der Waals surface area contributed by atoms with Gasteiger partial charge in [-0.05, 0) is 62.9 Å². The van der Waals surface area contributed by atoms with Crippen LogP contribution in [0.4, 0.5) is 0 Å². The van der Waals surface area contributed by atoms with E-state index in [9.17, 15) is 35.1 Å². The SMILES string of the molecule is Cc1cc(OCCCNCC(C)(C)C(=O)N[C@@H](CO)C(N)=O)ccc1Cc1c(OC2OC(CO)[C@@H](O)C(O)[C@H]2O)n[nH]c1C(C)C. The first-order chi connectivity index (χ1) is 21.7. The number of amides is 2. The first-order valence-corrected chi connectivity index (χ1v) is 15.4. The van der Waals surface area contributed by atoms with Crippen molar-refractivity contribution in [1.29, 1.82) is 0 Å². The summed E-state index contributed by atoms with van der Waals surface area (Å²) < 4.78 is 17.3. The van der Waals surface area contributed by atoms with Gasteiger partial charge < -0.3 is 56.1 Å². The van der Waals surface area contributed by atoms with Gasteiger partial charge in [0.1, 0.15) is 36.2 Å². The molecule has 1 aromatic heterocycles. The lowest BCUT2D eigenvalue weighted by atomic mass is 9.91. The van der Waals surface area contributed by atoms with Crippen molar-refractivity contribution in [3.63, 3.8) is 0 Å². The van der Waals surface area contributed by atoms with Gasteiger partial charge in [-0.15, -0.1) is 5.10 Å². The van der Waals surface area contributed by atoms with E-state index in [4.69, 9.17) is 19.9 Å². The molecule has 46 heavy (non-hydrogen) atoms. The lowest BCUT2D eigenvalue weighted by Gasteiger charge is -2.39. The predicted molar refractivity (Wildman–Crippen MR) is 166 cm³/mol.